The number of ether oxygens (including phenoxy) is 6. The maximum absolute atomic E-state index is 5.76. The van der Waals surface area contributed by atoms with Crippen molar-refractivity contribution in [1.82, 2.24) is 5.32 Å². The second-order valence-electron chi connectivity index (χ2n) is 6.71. The molecule has 0 radical (unpaired) electrons. The quantitative estimate of drug-likeness (QED) is 0.726. The lowest BCUT2D eigenvalue weighted by molar-refractivity contribution is 0.315. The highest BCUT2D eigenvalue weighted by molar-refractivity contribution is 5.61. The van der Waals surface area contributed by atoms with Crippen LogP contribution in [-0.2, 0) is 12.8 Å². The van der Waals surface area contributed by atoms with E-state index in [0.717, 1.165) is 30.5 Å². The molecule has 0 saturated carbocycles. The Labute approximate surface area is 171 Å². The summed E-state index contributed by atoms with van der Waals surface area (Å²) in [7, 11) is 9.76. The van der Waals surface area contributed by atoms with E-state index in [2.05, 4.69) is 5.32 Å². The van der Waals surface area contributed by atoms with Crippen molar-refractivity contribution in [2.75, 3.05) is 49.2 Å². The van der Waals surface area contributed by atoms with Crippen LogP contribution in [0.25, 0.3) is 0 Å². The molecule has 1 N–H and O–H groups in total. The largest absolute Gasteiger partial charge is 0.493 e. The smallest absolute Gasteiger partial charge is 0.203 e. The summed E-state index contributed by atoms with van der Waals surface area (Å²) >= 11 is 0. The average molecular weight is 403 g/mol. The fourth-order valence-corrected chi connectivity index (χ4v) is 3.96. The molecule has 7 nitrogen and oxygen atoms in total. The molecule has 7 heteroatoms. The zero-order chi connectivity index (χ0) is 21.0. The molecule has 0 fully saturated rings. The van der Waals surface area contributed by atoms with Gasteiger partial charge in [-0.3, -0.25) is 0 Å². The van der Waals surface area contributed by atoms with Crippen molar-refractivity contribution in [2.45, 2.75) is 18.9 Å². The lowest BCUT2D eigenvalue weighted by Crippen LogP contribution is -2.32. The van der Waals surface area contributed by atoms with E-state index in [4.69, 9.17) is 28.4 Å². The summed E-state index contributed by atoms with van der Waals surface area (Å²) in [6.07, 6.45) is 1.60. The van der Waals surface area contributed by atoms with Crippen LogP contribution in [0, 0.1) is 0 Å². The molecule has 1 heterocycles. The van der Waals surface area contributed by atoms with Gasteiger partial charge in [0.2, 0.25) is 11.5 Å². The van der Waals surface area contributed by atoms with Gasteiger partial charge in [0.15, 0.2) is 23.0 Å². The van der Waals surface area contributed by atoms with Crippen LogP contribution in [0.3, 0.4) is 0 Å². The van der Waals surface area contributed by atoms with E-state index in [1.165, 1.54) is 5.56 Å². The molecule has 29 heavy (non-hydrogen) atoms. The standard InChI is InChI=1S/C22H29NO6/c1-24-16-10-13(11-17(25-2)20(16)27-4)9-15-19-14(7-8-23-15)12-18(26-3)21(28-5)22(19)29-6/h10-12,15,23H,7-9H2,1-6H3/t15-/m1/s1. The first-order valence-corrected chi connectivity index (χ1v) is 9.45. The van der Waals surface area contributed by atoms with Crippen LogP contribution in [-0.4, -0.2) is 49.2 Å². The molecule has 0 bridgehead atoms. The SMILES string of the molecule is COc1cc(C[C@H]2NCCc3cc(OC)c(OC)c(OC)c32)cc(OC)c1OC. The van der Waals surface area contributed by atoms with Crippen LogP contribution in [0.1, 0.15) is 22.7 Å². The van der Waals surface area contributed by atoms with Gasteiger partial charge in [-0.25, -0.2) is 0 Å². The number of fused-ring (bicyclic) bond motifs is 1. The summed E-state index contributed by atoms with van der Waals surface area (Å²) in [5.74, 6) is 3.84. The number of rotatable bonds is 8. The summed E-state index contributed by atoms with van der Waals surface area (Å²) in [5, 5.41) is 3.60. The zero-order valence-electron chi connectivity index (χ0n) is 17.9. The molecule has 0 aromatic heterocycles. The molecule has 0 unspecified atom stereocenters. The second kappa shape index (κ2) is 9.13. The number of nitrogens with one attached hydrogen (secondary N) is 1. The van der Waals surface area contributed by atoms with Crippen molar-refractivity contribution in [3.05, 3.63) is 34.9 Å². The van der Waals surface area contributed by atoms with Gasteiger partial charge >= 0.3 is 0 Å². The molecule has 0 amide bonds. The number of hydrogen-bond acceptors (Lipinski definition) is 7. The van der Waals surface area contributed by atoms with E-state index in [9.17, 15) is 0 Å². The van der Waals surface area contributed by atoms with Crippen molar-refractivity contribution in [2.24, 2.45) is 0 Å². The number of benzene rings is 2. The van der Waals surface area contributed by atoms with Gasteiger partial charge in [0.05, 0.1) is 42.7 Å². The third-order valence-electron chi connectivity index (χ3n) is 5.25. The predicted octanol–water partition coefficient (Wildman–Crippen LogP) is 3.17. The Balaban J connectivity index is 2.06. The molecule has 3 rings (SSSR count). The topological polar surface area (TPSA) is 67.4 Å². The normalized spacial score (nSPS) is 15.3. The molecule has 0 saturated heterocycles. The minimum Gasteiger partial charge on any atom is -0.493 e. The molecule has 1 atom stereocenters. The Bertz CT molecular complexity index is 842. The van der Waals surface area contributed by atoms with E-state index in [1.807, 2.05) is 18.2 Å². The molecule has 2 aromatic rings. The zero-order valence-corrected chi connectivity index (χ0v) is 17.9. The third kappa shape index (κ3) is 3.87. The molecular formula is C22H29NO6. The lowest BCUT2D eigenvalue weighted by Gasteiger charge is -2.30. The monoisotopic (exact) mass is 403 g/mol. The van der Waals surface area contributed by atoms with Crippen molar-refractivity contribution in [1.29, 1.82) is 0 Å². The molecule has 1 aliphatic heterocycles. The molecule has 0 spiro atoms. The van der Waals surface area contributed by atoms with Crippen LogP contribution >= 0.6 is 0 Å². The van der Waals surface area contributed by atoms with E-state index < -0.39 is 0 Å². The average Bonchev–Trinajstić information content (AvgIpc) is 2.76. The van der Waals surface area contributed by atoms with Crippen LogP contribution in [0.2, 0.25) is 0 Å². The van der Waals surface area contributed by atoms with E-state index in [0.29, 0.717) is 34.5 Å². The van der Waals surface area contributed by atoms with Crippen molar-refractivity contribution < 1.29 is 28.4 Å². The fraction of sp³-hybridized carbons (Fsp3) is 0.455. The van der Waals surface area contributed by atoms with Gasteiger partial charge in [-0.2, -0.15) is 0 Å². The maximum Gasteiger partial charge on any atom is 0.203 e. The maximum atomic E-state index is 5.76. The number of methoxy groups -OCH3 is 6. The van der Waals surface area contributed by atoms with E-state index >= 15 is 0 Å². The summed E-state index contributed by atoms with van der Waals surface area (Å²) in [4.78, 5) is 0. The predicted molar refractivity (Wildman–Crippen MR) is 110 cm³/mol. The Hall–Kier alpha value is -2.80. The van der Waals surface area contributed by atoms with Gasteiger partial charge < -0.3 is 33.7 Å². The molecule has 2 aromatic carbocycles. The summed E-state index contributed by atoms with van der Waals surface area (Å²) in [6.45, 7) is 0.862. The third-order valence-corrected chi connectivity index (χ3v) is 5.25. The first-order chi connectivity index (χ1) is 14.1. The molecular weight excluding hydrogens is 374 g/mol. The highest BCUT2D eigenvalue weighted by atomic mass is 16.5. The summed E-state index contributed by atoms with van der Waals surface area (Å²) < 4.78 is 33.3. The van der Waals surface area contributed by atoms with Gasteiger partial charge in [0.1, 0.15) is 0 Å². The van der Waals surface area contributed by atoms with Gasteiger partial charge in [0.25, 0.3) is 0 Å². The minimum absolute atomic E-state index is 0.0383. The first-order valence-electron chi connectivity index (χ1n) is 9.45. The Kier molecular flexibility index (Phi) is 6.59. The number of hydrogen-bond donors (Lipinski definition) is 1. The second-order valence-corrected chi connectivity index (χ2v) is 6.71. The molecule has 1 aliphatic rings. The van der Waals surface area contributed by atoms with Gasteiger partial charge in [-0.05, 0) is 48.7 Å². The van der Waals surface area contributed by atoms with E-state index in [-0.39, 0.29) is 6.04 Å². The lowest BCUT2D eigenvalue weighted by atomic mass is 9.88. The van der Waals surface area contributed by atoms with Crippen molar-refractivity contribution in [3.8, 4) is 34.5 Å². The summed E-state index contributed by atoms with van der Waals surface area (Å²) in [5.41, 5.74) is 3.34. The highest BCUT2D eigenvalue weighted by Gasteiger charge is 2.29. The van der Waals surface area contributed by atoms with E-state index in [1.54, 1.807) is 42.7 Å². The Morgan fingerprint density at radius 1 is 0.724 bits per heavy atom. The summed E-state index contributed by atoms with van der Waals surface area (Å²) in [6, 6.07) is 6.03. The van der Waals surface area contributed by atoms with Gasteiger partial charge in [-0.15, -0.1) is 0 Å². The van der Waals surface area contributed by atoms with Crippen LogP contribution in [0.15, 0.2) is 18.2 Å². The van der Waals surface area contributed by atoms with Gasteiger partial charge in [-0.1, -0.05) is 0 Å². The Morgan fingerprint density at radius 2 is 1.28 bits per heavy atom. The minimum atomic E-state index is 0.0383. The molecule has 158 valence electrons. The van der Waals surface area contributed by atoms with Gasteiger partial charge in [0, 0.05) is 11.6 Å². The fourth-order valence-electron chi connectivity index (χ4n) is 3.96. The van der Waals surface area contributed by atoms with Crippen molar-refractivity contribution >= 4 is 0 Å². The van der Waals surface area contributed by atoms with Crippen LogP contribution in [0.5, 0.6) is 34.5 Å². The van der Waals surface area contributed by atoms with Crippen molar-refractivity contribution in [3.63, 3.8) is 0 Å². The Morgan fingerprint density at radius 3 is 1.79 bits per heavy atom. The van der Waals surface area contributed by atoms with Crippen LogP contribution < -0.4 is 33.7 Å². The first kappa shape index (κ1) is 20.9. The van der Waals surface area contributed by atoms with Crippen LogP contribution in [0.4, 0.5) is 0 Å². The highest BCUT2D eigenvalue weighted by Crippen LogP contribution is 2.47. The molecule has 0 aliphatic carbocycles.